The Kier molecular flexibility index (Phi) is 6.26. The lowest BCUT2D eigenvalue weighted by molar-refractivity contribution is -0.0506. The van der Waals surface area contributed by atoms with E-state index in [1.165, 1.54) is 0 Å². The van der Waals surface area contributed by atoms with Crippen LogP contribution in [0, 0.1) is 6.92 Å². The number of pyridine rings is 1. The molecule has 10 heteroatoms. The Labute approximate surface area is 200 Å². The molecule has 1 aromatic carbocycles. The average molecular weight is 479 g/mol. The van der Waals surface area contributed by atoms with Gasteiger partial charge in [0.2, 0.25) is 5.88 Å². The lowest BCUT2D eigenvalue weighted by Gasteiger charge is -2.24. The van der Waals surface area contributed by atoms with E-state index in [-0.39, 0.29) is 11.7 Å². The molecule has 180 valence electrons. The van der Waals surface area contributed by atoms with Crippen LogP contribution in [0.3, 0.4) is 0 Å². The highest BCUT2D eigenvalue weighted by Gasteiger charge is 2.28. The molecule has 0 aliphatic carbocycles. The Morgan fingerprint density at radius 2 is 1.97 bits per heavy atom. The Hall–Kier alpha value is -4.08. The lowest BCUT2D eigenvalue weighted by Crippen LogP contribution is -2.19. The second-order valence-electron chi connectivity index (χ2n) is 8.18. The number of benzene rings is 1. The lowest BCUT2D eigenvalue weighted by atomic mass is 9.90. The van der Waals surface area contributed by atoms with Crippen LogP contribution in [0.1, 0.15) is 47.4 Å². The van der Waals surface area contributed by atoms with Crippen LogP contribution in [0.5, 0.6) is 11.6 Å². The van der Waals surface area contributed by atoms with Crippen LogP contribution in [0.4, 0.5) is 8.78 Å². The van der Waals surface area contributed by atoms with Crippen molar-refractivity contribution in [1.29, 1.82) is 0 Å². The number of imidazole rings is 1. The average Bonchev–Trinajstić information content (AvgIpc) is 3.48. The molecule has 4 heterocycles. The number of halogens is 2. The van der Waals surface area contributed by atoms with E-state index in [9.17, 15) is 8.78 Å². The van der Waals surface area contributed by atoms with Gasteiger partial charge in [-0.1, -0.05) is 18.2 Å². The van der Waals surface area contributed by atoms with Crippen molar-refractivity contribution >= 4 is 12.2 Å². The summed E-state index contributed by atoms with van der Waals surface area (Å²) in [6, 6.07) is 10.7. The molecule has 0 amide bonds. The van der Waals surface area contributed by atoms with Crippen molar-refractivity contribution in [3.8, 4) is 17.3 Å². The van der Waals surface area contributed by atoms with Gasteiger partial charge < -0.3 is 14.0 Å². The third-order valence-electron chi connectivity index (χ3n) is 5.85. The fourth-order valence-corrected chi connectivity index (χ4v) is 4.31. The molecule has 4 aromatic rings. The summed E-state index contributed by atoms with van der Waals surface area (Å²) in [5, 5.41) is 4.60. The van der Waals surface area contributed by atoms with Gasteiger partial charge in [-0.25, -0.2) is 19.6 Å². The van der Waals surface area contributed by atoms with Crippen molar-refractivity contribution in [3.63, 3.8) is 0 Å². The number of alkyl halides is 2. The Balaban J connectivity index is 1.41. The summed E-state index contributed by atoms with van der Waals surface area (Å²) in [7, 11) is 1.57. The smallest absolute Gasteiger partial charge is 0.387 e. The first-order valence-electron chi connectivity index (χ1n) is 11.2. The predicted octanol–water partition coefficient (Wildman–Crippen LogP) is 4.87. The molecule has 0 N–H and O–H groups in total. The van der Waals surface area contributed by atoms with Crippen LogP contribution in [0.25, 0.3) is 17.8 Å². The van der Waals surface area contributed by atoms with E-state index in [0.717, 1.165) is 36.6 Å². The summed E-state index contributed by atoms with van der Waals surface area (Å²) in [5.74, 6) is 1.72. The van der Waals surface area contributed by atoms with Crippen molar-refractivity contribution < 1.29 is 18.3 Å². The second-order valence-corrected chi connectivity index (χ2v) is 8.18. The summed E-state index contributed by atoms with van der Waals surface area (Å²) >= 11 is 0. The van der Waals surface area contributed by atoms with Gasteiger partial charge in [-0.05, 0) is 50.1 Å². The van der Waals surface area contributed by atoms with Gasteiger partial charge in [0.25, 0.3) is 0 Å². The predicted molar refractivity (Wildman–Crippen MR) is 126 cm³/mol. The summed E-state index contributed by atoms with van der Waals surface area (Å²) < 4.78 is 39.8. The third kappa shape index (κ3) is 4.77. The zero-order chi connectivity index (χ0) is 24.4. The topological polar surface area (TPSA) is 79.9 Å². The molecule has 8 nitrogen and oxygen atoms in total. The van der Waals surface area contributed by atoms with Crippen LogP contribution in [-0.2, 0) is 6.54 Å². The molecule has 0 bridgehead atoms. The number of nitrogens with zero attached hydrogens (tertiary/aromatic N) is 6. The zero-order valence-electron chi connectivity index (χ0n) is 19.3. The van der Waals surface area contributed by atoms with E-state index in [1.807, 2.05) is 52.7 Å². The Bertz CT molecular complexity index is 1360. The highest BCUT2D eigenvalue weighted by molar-refractivity contribution is 5.65. The normalized spacial score (nSPS) is 15.5. The number of hydrogen-bond acceptors (Lipinski definition) is 6. The van der Waals surface area contributed by atoms with Gasteiger partial charge in [0.05, 0.1) is 24.8 Å². The number of methoxy groups -OCH3 is 1. The molecule has 0 radical (unpaired) electrons. The van der Waals surface area contributed by atoms with Gasteiger partial charge in [-0.2, -0.15) is 13.9 Å². The maximum Gasteiger partial charge on any atom is 0.387 e. The van der Waals surface area contributed by atoms with Crippen LogP contribution in [-0.4, -0.2) is 43.0 Å². The molecular weight excluding hydrogens is 454 g/mol. The molecule has 1 aliphatic rings. The van der Waals surface area contributed by atoms with Crippen LogP contribution >= 0.6 is 0 Å². The summed E-state index contributed by atoms with van der Waals surface area (Å²) in [6.07, 6.45) is 8.85. The van der Waals surface area contributed by atoms with Crippen molar-refractivity contribution in [3.05, 3.63) is 77.5 Å². The SMILES string of the molecule is COc1nc(/C=C/c2nc3n(n2)CCC[C@H]3c2ccccc2OC(F)F)ccc1-n1cnc(C)c1. The number of para-hydroxylation sites is 1. The molecule has 0 saturated heterocycles. The van der Waals surface area contributed by atoms with Gasteiger partial charge in [0.1, 0.15) is 17.3 Å². The molecule has 0 saturated carbocycles. The molecule has 0 spiro atoms. The minimum Gasteiger partial charge on any atom is -0.479 e. The molecule has 1 aliphatic heterocycles. The van der Waals surface area contributed by atoms with Crippen LogP contribution in [0.15, 0.2) is 48.9 Å². The number of rotatable bonds is 7. The van der Waals surface area contributed by atoms with Crippen LogP contribution in [0.2, 0.25) is 0 Å². The van der Waals surface area contributed by atoms with E-state index in [2.05, 4.69) is 15.1 Å². The number of fused-ring (bicyclic) bond motifs is 1. The highest BCUT2D eigenvalue weighted by Crippen LogP contribution is 2.37. The van der Waals surface area contributed by atoms with Gasteiger partial charge in [0.15, 0.2) is 5.82 Å². The summed E-state index contributed by atoms with van der Waals surface area (Å²) in [5.41, 5.74) is 3.05. The first-order valence-corrected chi connectivity index (χ1v) is 11.2. The van der Waals surface area contributed by atoms with E-state index >= 15 is 0 Å². The molecule has 1 atom stereocenters. The zero-order valence-corrected chi connectivity index (χ0v) is 19.3. The monoisotopic (exact) mass is 478 g/mol. The van der Waals surface area contributed by atoms with E-state index in [4.69, 9.17) is 14.5 Å². The highest BCUT2D eigenvalue weighted by atomic mass is 19.3. The standard InChI is InChI=1S/C25H24F2N6O2/c1-16-14-32(15-28-16)20-11-9-17(29-24(20)34-2)10-12-22-30-23-19(7-5-13-33(23)31-22)18-6-3-4-8-21(18)35-25(26)27/h3-4,6,8-12,14-15,19,25H,5,7,13H2,1-2H3/b12-10+/t19-/m0/s1. The fraction of sp³-hybridized carbons (Fsp3) is 0.280. The van der Waals surface area contributed by atoms with Crippen molar-refractivity contribution in [2.45, 2.75) is 38.8 Å². The van der Waals surface area contributed by atoms with Gasteiger partial charge >= 0.3 is 6.61 Å². The molecule has 0 fully saturated rings. The van der Waals surface area contributed by atoms with E-state index in [0.29, 0.717) is 23.0 Å². The van der Waals surface area contributed by atoms with E-state index < -0.39 is 6.61 Å². The van der Waals surface area contributed by atoms with Crippen molar-refractivity contribution in [2.75, 3.05) is 7.11 Å². The fourth-order valence-electron chi connectivity index (χ4n) is 4.31. The van der Waals surface area contributed by atoms with Gasteiger partial charge in [0, 0.05) is 24.2 Å². The second kappa shape index (κ2) is 9.65. The number of hydrogen-bond donors (Lipinski definition) is 0. The molecule has 5 rings (SSSR count). The molecule has 3 aromatic heterocycles. The third-order valence-corrected chi connectivity index (χ3v) is 5.85. The largest absolute Gasteiger partial charge is 0.479 e. The van der Waals surface area contributed by atoms with Gasteiger partial charge in [-0.15, -0.1) is 0 Å². The van der Waals surface area contributed by atoms with Crippen LogP contribution < -0.4 is 9.47 Å². The summed E-state index contributed by atoms with van der Waals surface area (Å²) in [4.78, 5) is 13.5. The minimum atomic E-state index is -2.88. The Morgan fingerprint density at radius 3 is 2.74 bits per heavy atom. The quantitative estimate of drug-likeness (QED) is 0.377. The molecular formula is C25H24F2N6O2. The number of ether oxygens (including phenoxy) is 2. The number of aromatic nitrogens is 6. The Morgan fingerprint density at radius 1 is 1.11 bits per heavy atom. The minimum absolute atomic E-state index is 0.172. The maximum absolute atomic E-state index is 12.9. The van der Waals surface area contributed by atoms with Crippen molar-refractivity contribution in [1.82, 2.24) is 29.3 Å². The summed E-state index contributed by atoms with van der Waals surface area (Å²) in [6.45, 7) is -0.250. The molecule has 35 heavy (non-hydrogen) atoms. The van der Waals surface area contributed by atoms with Gasteiger partial charge in [-0.3, -0.25) is 0 Å². The first-order chi connectivity index (χ1) is 17.0. The van der Waals surface area contributed by atoms with E-state index in [1.54, 1.807) is 31.6 Å². The van der Waals surface area contributed by atoms with Crippen molar-refractivity contribution in [2.24, 2.45) is 0 Å². The number of aryl methyl sites for hydroxylation is 2. The first kappa shape index (κ1) is 22.7. The molecule has 0 unspecified atom stereocenters. The maximum atomic E-state index is 12.9.